The Balaban J connectivity index is 1.77. The minimum absolute atomic E-state index is 0.165. The predicted octanol–water partition coefficient (Wildman–Crippen LogP) is 4.43. The highest BCUT2D eigenvalue weighted by Crippen LogP contribution is 2.26. The van der Waals surface area contributed by atoms with Gasteiger partial charge in [0.25, 0.3) is 5.56 Å². The molecule has 6 heteroatoms. The molecule has 0 atom stereocenters. The molecule has 0 aliphatic heterocycles. The van der Waals surface area contributed by atoms with Gasteiger partial charge < -0.3 is 5.32 Å². The van der Waals surface area contributed by atoms with Gasteiger partial charge in [0.05, 0.1) is 11.1 Å². The number of para-hydroxylation sites is 1. The third kappa shape index (κ3) is 3.78. The van der Waals surface area contributed by atoms with E-state index in [1.54, 1.807) is 6.20 Å². The molecule has 0 aliphatic rings. The minimum atomic E-state index is -0.165. The second kappa shape index (κ2) is 6.81. The normalized spacial score (nSPS) is 10.4. The molecule has 1 heterocycles. The maximum absolute atomic E-state index is 12.1. The first-order valence-corrected chi connectivity index (χ1v) is 8.16. The molecule has 3 rings (SSSR count). The molecule has 0 bridgehead atoms. The summed E-state index contributed by atoms with van der Waals surface area (Å²) >= 11 is 4.77. The van der Waals surface area contributed by atoms with Gasteiger partial charge in [0.2, 0.25) is 5.95 Å². The highest BCUT2D eigenvalue weighted by atomic mass is 79.9. The van der Waals surface area contributed by atoms with E-state index in [0.717, 1.165) is 15.1 Å². The number of nitrogens with zero attached hydrogens (tertiary/aromatic N) is 1. The SMILES string of the molecule is O=c1[nH]c(Nc2ccccc2)ncc1Sc1ccc(Br)cc1. The van der Waals surface area contributed by atoms with Crippen molar-refractivity contribution in [2.75, 3.05) is 5.32 Å². The largest absolute Gasteiger partial charge is 0.326 e. The Hall–Kier alpha value is -2.05. The van der Waals surface area contributed by atoms with Crippen LogP contribution in [0.15, 0.2) is 79.9 Å². The summed E-state index contributed by atoms with van der Waals surface area (Å²) in [4.78, 5) is 20.7. The number of nitrogens with one attached hydrogen (secondary N) is 2. The van der Waals surface area contributed by atoms with Crippen molar-refractivity contribution in [3.05, 3.63) is 75.6 Å². The van der Waals surface area contributed by atoms with Gasteiger partial charge in [-0.2, -0.15) is 0 Å². The number of benzene rings is 2. The molecule has 0 saturated heterocycles. The van der Waals surface area contributed by atoms with Crippen LogP contribution in [-0.2, 0) is 0 Å². The lowest BCUT2D eigenvalue weighted by Crippen LogP contribution is -2.12. The Kier molecular flexibility index (Phi) is 4.60. The van der Waals surface area contributed by atoms with Crippen molar-refractivity contribution in [1.82, 2.24) is 9.97 Å². The van der Waals surface area contributed by atoms with Crippen LogP contribution in [0.1, 0.15) is 0 Å². The molecule has 0 fully saturated rings. The Morgan fingerprint density at radius 1 is 1.05 bits per heavy atom. The number of hydrogen-bond acceptors (Lipinski definition) is 4. The molecule has 0 amide bonds. The van der Waals surface area contributed by atoms with Crippen LogP contribution in [0.2, 0.25) is 0 Å². The van der Waals surface area contributed by atoms with Crippen LogP contribution in [0.3, 0.4) is 0 Å². The highest BCUT2D eigenvalue weighted by molar-refractivity contribution is 9.10. The van der Waals surface area contributed by atoms with E-state index < -0.39 is 0 Å². The fraction of sp³-hybridized carbons (Fsp3) is 0. The second-order valence-electron chi connectivity index (χ2n) is 4.47. The molecule has 22 heavy (non-hydrogen) atoms. The van der Waals surface area contributed by atoms with Crippen LogP contribution < -0.4 is 10.9 Å². The lowest BCUT2D eigenvalue weighted by Gasteiger charge is -2.06. The third-order valence-corrected chi connectivity index (χ3v) is 4.39. The summed E-state index contributed by atoms with van der Waals surface area (Å²) in [5, 5.41) is 3.06. The molecule has 2 aromatic carbocycles. The second-order valence-corrected chi connectivity index (χ2v) is 6.50. The van der Waals surface area contributed by atoms with Crippen molar-refractivity contribution >= 4 is 39.3 Å². The molecule has 0 aliphatic carbocycles. The lowest BCUT2D eigenvalue weighted by atomic mass is 10.3. The fourth-order valence-corrected chi connectivity index (χ4v) is 2.85. The number of rotatable bonds is 4. The maximum Gasteiger partial charge on any atom is 0.266 e. The van der Waals surface area contributed by atoms with Crippen molar-refractivity contribution in [2.45, 2.75) is 9.79 Å². The van der Waals surface area contributed by atoms with Crippen molar-refractivity contribution < 1.29 is 0 Å². The molecule has 110 valence electrons. The molecule has 3 aromatic rings. The van der Waals surface area contributed by atoms with Crippen LogP contribution in [0.25, 0.3) is 0 Å². The third-order valence-electron chi connectivity index (χ3n) is 2.84. The van der Waals surface area contributed by atoms with Gasteiger partial charge in [0, 0.05) is 15.1 Å². The molecule has 2 N–H and O–H groups in total. The van der Waals surface area contributed by atoms with Gasteiger partial charge in [-0.15, -0.1) is 0 Å². The molecule has 0 saturated carbocycles. The van der Waals surface area contributed by atoms with Crippen molar-refractivity contribution in [3.8, 4) is 0 Å². The van der Waals surface area contributed by atoms with E-state index in [9.17, 15) is 4.79 Å². The lowest BCUT2D eigenvalue weighted by molar-refractivity contribution is 1.05. The Morgan fingerprint density at radius 2 is 1.77 bits per heavy atom. The fourth-order valence-electron chi connectivity index (χ4n) is 1.81. The summed E-state index contributed by atoms with van der Waals surface area (Å²) in [6.45, 7) is 0. The summed E-state index contributed by atoms with van der Waals surface area (Å²) in [5.74, 6) is 0.427. The average molecular weight is 374 g/mol. The van der Waals surface area contributed by atoms with Gasteiger partial charge in [0.15, 0.2) is 0 Å². The Labute approximate surface area is 140 Å². The number of aromatic nitrogens is 2. The van der Waals surface area contributed by atoms with Crippen molar-refractivity contribution in [2.24, 2.45) is 0 Å². The van der Waals surface area contributed by atoms with Gasteiger partial charge in [-0.3, -0.25) is 9.78 Å². The quantitative estimate of drug-likeness (QED) is 0.710. The predicted molar refractivity (Wildman–Crippen MR) is 92.8 cm³/mol. The van der Waals surface area contributed by atoms with Gasteiger partial charge in [-0.05, 0) is 36.4 Å². The zero-order valence-corrected chi connectivity index (χ0v) is 13.8. The highest BCUT2D eigenvalue weighted by Gasteiger charge is 2.05. The zero-order valence-electron chi connectivity index (χ0n) is 11.4. The number of hydrogen-bond donors (Lipinski definition) is 2. The van der Waals surface area contributed by atoms with Crippen LogP contribution in [0.4, 0.5) is 11.6 Å². The summed E-state index contributed by atoms with van der Waals surface area (Å²) in [7, 11) is 0. The first kappa shape index (κ1) is 14.9. The summed E-state index contributed by atoms with van der Waals surface area (Å²) in [6.07, 6.45) is 1.58. The summed E-state index contributed by atoms with van der Waals surface area (Å²) in [6, 6.07) is 17.4. The van der Waals surface area contributed by atoms with E-state index in [-0.39, 0.29) is 5.56 Å². The maximum atomic E-state index is 12.1. The molecule has 1 aromatic heterocycles. The van der Waals surface area contributed by atoms with Crippen molar-refractivity contribution in [3.63, 3.8) is 0 Å². The topological polar surface area (TPSA) is 57.8 Å². The first-order chi connectivity index (χ1) is 10.7. The first-order valence-electron chi connectivity index (χ1n) is 6.55. The molecule has 0 radical (unpaired) electrons. The number of aromatic amines is 1. The van der Waals surface area contributed by atoms with E-state index in [1.807, 2.05) is 54.6 Å². The number of halogens is 1. The van der Waals surface area contributed by atoms with Gasteiger partial charge >= 0.3 is 0 Å². The molecular weight excluding hydrogens is 362 g/mol. The van der Waals surface area contributed by atoms with Gasteiger partial charge in [-0.1, -0.05) is 45.9 Å². The number of anilines is 2. The minimum Gasteiger partial charge on any atom is -0.326 e. The van der Waals surface area contributed by atoms with E-state index >= 15 is 0 Å². The molecule has 4 nitrogen and oxygen atoms in total. The molecular formula is C16H12BrN3OS. The van der Waals surface area contributed by atoms with Crippen LogP contribution in [0.5, 0.6) is 0 Å². The van der Waals surface area contributed by atoms with E-state index in [4.69, 9.17) is 0 Å². The standard InChI is InChI=1S/C16H12BrN3OS/c17-11-6-8-13(9-7-11)22-14-10-18-16(20-15(14)21)19-12-4-2-1-3-5-12/h1-10H,(H2,18,19,20,21). The van der Waals surface area contributed by atoms with E-state index in [0.29, 0.717) is 10.8 Å². The van der Waals surface area contributed by atoms with Crippen molar-refractivity contribution in [1.29, 1.82) is 0 Å². The van der Waals surface area contributed by atoms with Gasteiger partial charge in [0.1, 0.15) is 0 Å². The van der Waals surface area contributed by atoms with Crippen LogP contribution in [0, 0.1) is 0 Å². The van der Waals surface area contributed by atoms with E-state index in [1.165, 1.54) is 11.8 Å². The Bertz CT molecular complexity index is 819. The smallest absolute Gasteiger partial charge is 0.266 e. The monoisotopic (exact) mass is 373 g/mol. The van der Waals surface area contributed by atoms with Crippen LogP contribution in [-0.4, -0.2) is 9.97 Å². The van der Waals surface area contributed by atoms with Crippen LogP contribution >= 0.6 is 27.7 Å². The zero-order chi connectivity index (χ0) is 15.4. The molecule has 0 spiro atoms. The molecule has 0 unspecified atom stereocenters. The summed E-state index contributed by atoms with van der Waals surface area (Å²) in [5.41, 5.74) is 0.709. The number of H-pyrrole nitrogens is 1. The van der Waals surface area contributed by atoms with Gasteiger partial charge in [-0.25, -0.2) is 4.98 Å². The summed E-state index contributed by atoms with van der Waals surface area (Å²) < 4.78 is 1.01. The average Bonchev–Trinajstić information content (AvgIpc) is 2.53. The Morgan fingerprint density at radius 3 is 2.45 bits per heavy atom. The van der Waals surface area contributed by atoms with E-state index in [2.05, 4.69) is 31.2 Å².